The second-order valence-electron chi connectivity index (χ2n) is 7.08. The van der Waals surface area contributed by atoms with Gasteiger partial charge in [-0.05, 0) is 57.9 Å². The number of nitrogens with one attached hydrogen (secondary N) is 2. The van der Waals surface area contributed by atoms with Gasteiger partial charge in [-0.15, -0.1) is 0 Å². The summed E-state index contributed by atoms with van der Waals surface area (Å²) in [6, 6.07) is 6.28. The molecule has 136 valence electrons. The average molecular weight is 347 g/mol. The van der Waals surface area contributed by atoms with E-state index in [9.17, 15) is 14.4 Å². The molecular formula is C18H25N3O4. The highest BCUT2D eigenvalue weighted by Gasteiger charge is 2.36. The summed E-state index contributed by atoms with van der Waals surface area (Å²) in [7, 11) is 0. The largest absolute Gasteiger partial charge is 0.444 e. The lowest BCUT2D eigenvalue weighted by Crippen LogP contribution is -2.45. The predicted molar refractivity (Wildman–Crippen MR) is 95.3 cm³/mol. The van der Waals surface area contributed by atoms with Crippen LogP contribution in [0.2, 0.25) is 0 Å². The zero-order valence-electron chi connectivity index (χ0n) is 15.1. The molecule has 7 heteroatoms. The van der Waals surface area contributed by atoms with E-state index in [1.807, 2.05) is 0 Å². The molecule has 25 heavy (non-hydrogen) atoms. The first-order valence-corrected chi connectivity index (χ1v) is 8.34. The fraction of sp³-hybridized carbons (Fsp3) is 0.500. The van der Waals surface area contributed by atoms with Gasteiger partial charge in [0.15, 0.2) is 0 Å². The second kappa shape index (κ2) is 7.55. The highest BCUT2D eigenvalue weighted by atomic mass is 16.6. The van der Waals surface area contributed by atoms with Gasteiger partial charge in [0.05, 0.1) is 0 Å². The van der Waals surface area contributed by atoms with E-state index in [-0.39, 0.29) is 11.8 Å². The lowest BCUT2D eigenvalue weighted by Gasteiger charge is -2.28. The molecule has 2 N–H and O–H groups in total. The number of amides is 3. The Bertz CT molecular complexity index is 649. The summed E-state index contributed by atoms with van der Waals surface area (Å²) < 4.78 is 5.37. The monoisotopic (exact) mass is 347 g/mol. The fourth-order valence-electron chi connectivity index (χ4n) is 2.64. The number of anilines is 2. The third-order valence-electron chi connectivity index (χ3n) is 3.66. The Hall–Kier alpha value is -2.57. The molecule has 2 rings (SSSR count). The van der Waals surface area contributed by atoms with Gasteiger partial charge in [-0.1, -0.05) is 0 Å². The first-order valence-electron chi connectivity index (χ1n) is 8.34. The number of rotatable bonds is 3. The lowest BCUT2D eigenvalue weighted by atomic mass is 10.2. The molecule has 1 aromatic rings. The quantitative estimate of drug-likeness (QED) is 0.880. The van der Waals surface area contributed by atoms with Gasteiger partial charge in [0.2, 0.25) is 11.8 Å². The number of likely N-dealkylation sites (tertiary alicyclic amines) is 1. The van der Waals surface area contributed by atoms with Crippen molar-refractivity contribution in [1.82, 2.24) is 4.90 Å². The molecule has 0 unspecified atom stereocenters. The Balaban J connectivity index is 1.99. The predicted octanol–water partition coefficient (Wildman–Crippen LogP) is 2.98. The highest BCUT2D eigenvalue weighted by Crippen LogP contribution is 2.22. The van der Waals surface area contributed by atoms with Crippen LogP contribution in [0.3, 0.4) is 0 Å². The van der Waals surface area contributed by atoms with E-state index in [0.29, 0.717) is 24.3 Å². The van der Waals surface area contributed by atoms with Crippen LogP contribution >= 0.6 is 0 Å². The van der Waals surface area contributed by atoms with Crippen molar-refractivity contribution in [2.24, 2.45) is 0 Å². The molecule has 1 aliphatic rings. The zero-order chi connectivity index (χ0) is 18.6. The SMILES string of the molecule is CC(=O)Nc1ccc(NC(=O)[C@H]2CCCN2C(=O)OC(C)(C)C)cc1. The minimum absolute atomic E-state index is 0.157. The number of hydrogen-bond donors (Lipinski definition) is 2. The van der Waals surface area contributed by atoms with Gasteiger partial charge in [0.25, 0.3) is 0 Å². The Morgan fingerprint density at radius 1 is 1.08 bits per heavy atom. The standard InChI is InChI=1S/C18H25N3O4/c1-12(22)19-13-7-9-14(10-8-13)20-16(23)15-6-5-11-21(15)17(24)25-18(2,3)4/h7-10,15H,5-6,11H2,1-4H3,(H,19,22)(H,20,23)/t15-/m1/s1. The second-order valence-corrected chi connectivity index (χ2v) is 7.08. The maximum Gasteiger partial charge on any atom is 0.410 e. The molecule has 0 aliphatic carbocycles. The lowest BCUT2D eigenvalue weighted by molar-refractivity contribution is -0.120. The smallest absolute Gasteiger partial charge is 0.410 e. The summed E-state index contributed by atoms with van der Waals surface area (Å²) in [4.78, 5) is 37.3. The number of hydrogen-bond acceptors (Lipinski definition) is 4. The molecule has 0 saturated carbocycles. The van der Waals surface area contributed by atoms with Crippen molar-refractivity contribution in [2.75, 3.05) is 17.2 Å². The van der Waals surface area contributed by atoms with Gasteiger partial charge in [-0.3, -0.25) is 14.5 Å². The van der Waals surface area contributed by atoms with Crippen LogP contribution in [0, 0.1) is 0 Å². The van der Waals surface area contributed by atoms with E-state index in [2.05, 4.69) is 10.6 Å². The zero-order valence-corrected chi connectivity index (χ0v) is 15.1. The van der Waals surface area contributed by atoms with E-state index in [0.717, 1.165) is 6.42 Å². The summed E-state index contributed by atoms with van der Waals surface area (Å²) in [5.41, 5.74) is 0.664. The minimum Gasteiger partial charge on any atom is -0.444 e. The molecule has 1 aromatic carbocycles. The van der Waals surface area contributed by atoms with Crippen LogP contribution in [0.4, 0.5) is 16.2 Å². The number of carbonyl (C=O) groups is 3. The molecule has 1 saturated heterocycles. The molecule has 0 aromatic heterocycles. The summed E-state index contributed by atoms with van der Waals surface area (Å²) in [6.07, 6.45) is 0.902. The Labute approximate surface area is 147 Å². The molecule has 0 radical (unpaired) electrons. The number of carbonyl (C=O) groups excluding carboxylic acids is 3. The highest BCUT2D eigenvalue weighted by molar-refractivity contribution is 5.97. The van der Waals surface area contributed by atoms with Crippen molar-refractivity contribution >= 4 is 29.3 Å². The molecule has 0 spiro atoms. The maximum atomic E-state index is 12.5. The van der Waals surface area contributed by atoms with Crippen molar-refractivity contribution in [1.29, 1.82) is 0 Å². The van der Waals surface area contributed by atoms with Gasteiger partial charge in [0, 0.05) is 24.8 Å². The fourth-order valence-corrected chi connectivity index (χ4v) is 2.64. The average Bonchev–Trinajstić information content (AvgIpc) is 2.96. The van der Waals surface area contributed by atoms with Crippen LogP contribution in [0.1, 0.15) is 40.5 Å². The third kappa shape index (κ3) is 5.48. The van der Waals surface area contributed by atoms with Crippen molar-refractivity contribution in [3.05, 3.63) is 24.3 Å². The van der Waals surface area contributed by atoms with Crippen LogP contribution in [-0.2, 0) is 14.3 Å². The minimum atomic E-state index is -0.597. The number of ether oxygens (including phenoxy) is 1. The number of benzene rings is 1. The van der Waals surface area contributed by atoms with Crippen LogP contribution < -0.4 is 10.6 Å². The molecule has 1 atom stereocenters. The maximum absolute atomic E-state index is 12.5. The Kier molecular flexibility index (Phi) is 5.66. The van der Waals surface area contributed by atoms with E-state index in [4.69, 9.17) is 4.74 Å². The van der Waals surface area contributed by atoms with Crippen LogP contribution in [0.15, 0.2) is 24.3 Å². The van der Waals surface area contributed by atoms with E-state index < -0.39 is 17.7 Å². The summed E-state index contributed by atoms with van der Waals surface area (Å²) >= 11 is 0. The Morgan fingerprint density at radius 3 is 2.16 bits per heavy atom. The normalized spacial score (nSPS) is 17.1. The third-order valence-corrected chi connectivity index (χ3v) is 3.66. The molecule has 3 amide bonds. The molecule has 0 bridgehead atoms. The van der Waals surface area contributed by atoms with Crippen molar-refractivity contribution in [3.63, 3.8) is 0 Å². The van der Waals surface area contributed by atoms with Gasteiger partial charge in [-0.25, -0.2) is 4.79 Å². The summed E-state index contributed by atoms with van der Waals surface area (Å²) in [5, 5.41) is 5.47. The van der Waals surface area contributed by atoms with E-state index in [1.54, 1.807) is 45.0 Å². The summed E-state index contributed by atoms with van der Waals surface area (Å²) in [6.45, 7) is 7.33. The topological polar surface area (TPSA) is 87.7 Å². The van der Waals surface area contributed by atoms with Crippen LogP contribution in [0.25, 0.3) is 0 Å². The van der Waals surface area contributed by atoms with Gasteiger partial charge in [0.1, 0.15) is 11.6 Å². The van der Waals surface area contributed by atoms with Crippen LogP contribution in [0.5, 0.6) is 0 Å². The van der Waals surface area contributed by atoms with Crippen molar-refractivity contribution in [3.8, 4) is 0 Å². The molecule has 7 nitrogen and oxygen atoms in total. The van der Waals surface area contributed by atoms with Crippen molar-refractivity contribution in [2.45, 2.75) is 52.2 Å². The van der Waals surface area contributed by atoms with E-state index >= 15 is 0 Å². The molecule has 1 fully saturated rings. The molecule has 1 aliphatic heterocycles. The van der Waals surface area contributed by atoms with Gasteiger partial charge >= 0.3 is 6.09 Å². The first-order chi connectivity index (χ1) is 11.7. The molecule has 1 heterocycles. The van der Waals surface area contributed by atoms with Crippen molar-refractivity contribution < 1.29 is 19.1 Å². The van der Waals surface area contributed by atoms with Gasteiger partial charge in [-0.2, -0.15) is 0 Å². The van der Waals surface area contributed by atoms with Crippen LogP contribution in [-0.4, -0.2) is 41.0 Å². The number of nitrogens with zero attached hydrogens (tertiary/aromatic N) is 1. The molecular weight excluding hydrogens is 322 g/mol. The first kappa shape index (κ1) is 18.8. The summed E-state index contributed by atoms with van der Waals surface area (Å²) in [5.74, 6) is -0.397. The van der Waals surface area contributed by atoms with E-state index in [1.165, 1.54) is 11.8 Å². The Morgan fingerprint density at radius 2 is 1.64 bits per heavy atom. The van der Waals surface area contributed by atoms with Gasteiger partial charge < -0.3 is 15.4 Å².